The van der Waals surface area contributed by atoms with Gasteiger partial charge in [0.05, 0.1) is 5.69 Å². The summed E-state index contributed by atoms with van der Waals surface area (Å²) in [5.74, 6) is 1.52. The van der Waals surface area contributed by atoms with Crippen molar-refractivity contribution in [2.45, 2.75) is 52.4 Å². The maximum Gasteiger partial charge on any atom is 0.137 e. The van der Waals surface area contributed by atoms with Crippen LogP contribution in [0.3, 0.4) is 0 Å². The van der Waals surface area contributed by atoms with Crippen LogP contribution in [-0.2, 0) is 17.6 Å². The van der Waals surface area contributed by atoms with Crippen LogP contribution in [0, 0.1) is 12.8 Å². The van der Waals surface area contributed by atoms with Crippen LogP contribution in [0.4, 0.5) is 0 Å². The van der Waals surface area contributed by atoms with Crippen molar-refractivity contribution in [3.05, 3.63) is 17.0 Å². The van der Waals surface area contributed by atoms with Crippen molar-refractivity contribution in [2.24, 2.45) is 5.92 Å². The highest BCUT2D eigenvalue weighted by molar-refractivity contribution is 5.81. The Labute approximate surface area is 96.2 Å². The lowest BCUT2D eigenvalue weighted by atomic mass is 9.83. The highest BCUT2D eigenvalue weighted by atomic mass is 16.5. The zero-order valence-corrected chi connectivity index (χ0v) is 10.1. The van der Waals surface area contributed by atoms with E-state index in [1.165, 1.54) is 12.0 Å². The van der Waals surface area contributed by atoms with Gasteiger partial charge in [-0.1, -0.05) is 18.5 Å². The molecule has 3 heteroatoms. The Morgan fingerprint density at radius 2 is 2.25 bits per heavy atom. The van der Waals surface area contributed by atoms with Gasteiger partial charge in [-0.05, 0) is 32.6 Å². The predicted molar refractivity (Wildman–Crippen MR) is 61.3 cm³/mol. The van der Waals surface area contributed by atoms with Gasteiger partial charge in [0.2, 0.25) is 0 Å². The highest BCUT2D eigenvalue weighted by Gasteiger charge is 2.25. The minimum Gasteiger partial charge on any atom is -0.361 e. The normalized spacial score (nSPS) is 21.4. The van der Waals surface area contributed by atoms with Gasteiger partial charge in [0.15, 0.2) is 0 Å². The number of hydrogen-bond donors (Lipinski definition) is 0. The van der Waals surface area contributed by atoms with E-state index >= 15 is 0 Å². The molecule has 1 aliphatic rings. The molecule has 0 bridgehead atoms. The highest BCUT2D eigenvalue weighted by Crippen LogP contribution is 2.26. The monoisotopic (exact) mass is 221 g/mol. The average Bonchev–Trinajstić information content (AvgIpc) is 2.63. The summed E-state index contributed by atoms with van der Waals surface area (Å²) in [6, 6.07) is 0. The van der Waals surface area contributed by atoms with Gasteiger partial charge in [0.25, 0.3) is 0 Å². The van der Waals surface area contributed by atoms with Gasteiger partial charge in [0, 0.05) is 17.9 Å². The van der Waals surface area contributed by atoms with Gasteiger partial charge >= 0.3 is 0 Å². The van der Waals surface area contributed by atoms with E-state index in [1.54, 1.807) is 0 Å². The van der Waals surface area contributed by atoms with Gasteiger partial charge in [-0.15, -0.1) is 0 Å². The molecule has 0 N–H and O–H groups in total. The van der Waals surface area contributed by atoms with Crippen LogP contribution in [0.15, 0.2) is 4.52 Å². The van der Waals surface area contributed by atoms with E-state index in [4.69, 9.17) is 4.52 Å². The first kappa shape index (κ1) is 11.4. The lowest BCUT2D eigenvalue weighted by Gasteiger charge is -2.20. The molecule has 0 amide bonds. The molecule has 1 saturated carbocycles. The van der Waals surface area contributed by atoms with Crippen molar-refractivity contribution >= 4 is 5.78 Å². The first-order chi connectivity index (χ1) is 7.72. The first-order valence-electron chi connectivity index (χ1n) is 6.19. The number of rotatable bonds is 3. The Morgan fingerprint density at radius 1 is 1.44 bits per heavy atom. The van der Waals surface area contributed by atoms with Crippen LogP contribution < -0.4 is 0 Å². The lowest BCUT2D eigenvalue weighted by Crippen LogP contribution is -2.21. The zero-order valence-electron chi connectivity index (χ0n) is 10.1. The molecular formula is C13H19NO2. The lowest BCUT2D eigenvalue weighted by molar-refractivity contribution is -0.124. The van der Waals surface area contributed by atoms with Crippen LogP contribution in [0.25, 0.3) is 0 Å². The molecule has 0 spiro atoms. The summed E-state index contributed by atoms with van der Waals surface area (Å²) in [6.45, 7) is 4.01. The van der Waals surface area contributed by atoms with E-state index in [0.717, 1.165) is 43.6 Å². The molecule has 0 saturated heterocycles. The molecule has 1 fully saturated rings. The topological polar surface area (TPSA) is 43.1 Å². The Hall–Kier alpha value is -1.12. The van der Waals surface area contributed by atoms with Gasteiger partial charge in [0.1, 0.15) is 11.5 Å². The van der Waals surface area contributed by atoms with E-state index in [2.05, 4.69) is 12.1 Å². The van der Waals surface area contributed by atoms with Gasteiger partial charge in [-0.3, -0.25) is 4.79 Å². The Morgan fingerprint density at radius 3 is 2.94 bits per heavy atom. The molecule has 1 aromatic heterocycles. The summed E-state index contributed by atoms with van der Waals surface area (Å²) < 4.78 is 5.20. The minimum absolute atomic E-state index is 0.206. The average molecular weight is 221 g/mol. The molecule has 16 heavy (non-hydrogen) atoms. The Kier molecular flexibility index (Phi) is 3.42. The van der Waals surface area contributed by atoms with E-state index in [0.29, 0.717) is 5.78 Å². The SMILES string of the molecule is CCc1noc(C)c1CC1CCCCC1=O. The van der Waals surface area contributed by atoms with Crippen LogP contribution in [0.2, 0.25) is 0 Å². The molecule has 0 aromatic carbocycles. The number of hydrogen-bond acceptors (Lipinski definition) is 3. The molecule has 1 aliphatic carbocycles. The number of carbonyl (C=O) groups is 1. The molecule has 1 heterocycles. The quantitative estimate of drug-likeness (QED) is 0.788. The molecule has 0 radical (unpaired) electrons. The Bertz CT molecular complexity index is 381. The van der Waals surface area contributed by atoms with E-state index in [9.17, 15) is 4.79 Å². The molecule has 0 aliphatic heterocycles. The van der Waals surface area contributed by atoms with Crippen molar-refractivity contribution in [1.82, 2.24) is 5.16 Å². The van der Waals surface area contributed by atoms with E-state index in [-0.39, 0.29) is 5.92 Å². The van der Waals surface area contributed by atoms with Crippen LogP contribution >= 0.6 is 0 Å². The Balaban J connectivity index is 2.12. The summed E-state index contributed by atoms with van der Waals surface area (Å²) in [6.07, 6.45) is 5.76. The number of carbonyl (C=O) groups excluding carboxylic acids is 1. The summed E-state index contributed by atoms with van der Waals surface area (Å²) in [4.78, 5) is 11.8. The minimum atomic E-state index is 0.206. The van der Waals surface area contributed by atoms with Crippen molar-refractivity contribution in [3.8, 4) is 0 Å². The third-order valence-electron chi connectivity index (χ3n) is 3.53. The van der Waals surface area contributed by atoms with Crippen LogP contribution in [-0.4, -0.2) is 10.9 Å². The second-order valence-electron chi connectivity index (χ2n) is 4.63. The summed E-state index contributed by atoms with van der Waals surface area (Å²) in [5, 5.41) is 4.04. The third kappa shape index (κ3) is 2.18. The van der Waals surface area contributed by atoms with Gasteiger partial charge < -0.3 is 4.52 Å². The number of aryl methyl sites for hydroxylation is 2. The fourth-order valence-electron chi connectivity index (χ4n) is 2.49. The summed E-state index contributed by atoms with van der Waals surface area (Å²) >= 11 is 0. The van der Waals surface area contributed by atoms with Crippen LogP contribution in [0.1, 0.15) is 49.6 Å². The van der Waals surface area contributed by atoms with Crippen molar-refractivity contribution in [3.63, 3.8) is 0 Å². The van der Waals surface area contributed by atoms with Gasteiger partial charge in [-0.25, -0.2) is 0 Å². The fourth-order valence-corrected chi connectivity index (χ4v) is 2.49. The predicted octanol–water partition coefficient (Wildman–Crippen LogP) is 2.85. The maximum absolute atomic E-state index is 11.8. The number of nitrogens with zero attached hydrogens (tertiary/aromatic N) is 1. The van der Waals surface area contributed by atoms with E-state index in [1.807, 2.05) is 6.92 Å². The summed E-state index contributed by atoms with van der Waals surface area (Å²) in [5.41, 5.74) is 2.19. The molecule has 88 valence electrons. The first-order valence-corrected chi connectivity index (χ1v) is 6.19. The molecule has 2 rings (SSSR count). The smallest absolute Gasteiger partial charge is 0.137 e. The molecule has 1 unspecified atom stereocenters. The van der Waals surface area contributed by atoms with Gasteiger partial charge in [-0.2, -0.15) is 0 Å². The van der Waals surface area contributed by atoms with Crippen molar-refractivity contribution < 1.29 is 9.32 Å². The number of aromatic nitrogens is 1. The largest absolute Gasteiger partial charge is 0.361 e. The van der Waals surface area contributed by atoms with E-state index < -0.39 is 0 Å². The standard InChI is InChI=1S/C13H19NO2/c1-3-12-11(9(2)16-14-12)8-10-6-4-5-7-13(10)15/h10H,3-8H2,1-2H3. The zero-order chi connectivity index (χ0) is 11.5. The summed E-state index contributed by atoms with van der Waals surface area (Å²) in [7, 11) is 0. The van der Waals surface area contributed by atoms with Crippen molar-refractivity contribution in [1.29, 1.82) is 0 Å². The second kappa shape index (κ2) is 4.81. The van der Waals surface area contributed by atoms with Crippen LogP contribution in [0.5, 0.6) is 0 Å². The maximum atomic E-state index is 11.8. The van der Waals surface area contributed by atoms with Crippen molar-refractivity contribution in [2.75, 3.05) is 0 Å². The molecule has 1 aromatic rings. The number of Topliss-reactive ketones (excluding diaryl/α,β-unsaturated/α-hetero) is 1. The fraction of sp³-hybridized carbons (Fsp3) is 0.692. The second-order valence-corrected chi connectivity index (χ2v) is 4.63. The number of ketones is 1. The molecule has 3 nitrogen and oxygen atoms in total. The molecular weight excluding hydrogens is 202 g/mol. The molecule has 1 atom stereocenters. The third-order valence-corrected chi connectivity index (χ3v) is 3.53.